The monoisotopic (exact) mass is 125 g/mol. The Bertz CT molecular complexity index is 102. The number of nitrogens with zero attached hydrogens (tertiary/aromatic N) is 1. The van der Waals surface area contributed by atoms with E-state index in [1.165, 1.54) is 6.42 Å². The van der Waals surface area contributed by atoms with Crippen LogP contribution in [0.5, 0.6) is 0 Å². The summed E-state index contributed by atoms with van der Waals surface area (Å²) in [6.07, 6.45) is 6.38. The van der Waals surface area contributed by atoms with E-state index in [0.29, 0.717) is 0 Å². The molecule has 0 aliphatic heterocycles. The van der Waals surface area contributed by atoms with Crippen LogP contribution in [0.25, 0.3) is 0 Å². The van der Waals surface area contributed by atoms with E-state index in [1.54, 1.807) is 0 Å². The number of hydrogen-bond acceptors (Lipinski definition) is 1. The fraction of sp³-hybridized carbons (Fsp3) is 0.750. The molecule has 0 aliphatic rings. The van der Waals surface area contributed by atoms with Crippen molar-refractivity contribution in [1.82, 2.24) is 4.90 Å². The average Bonchev–Trinajstić information content (AvgIpc) is 1.87. The molecule has 52 valence electrons. The maximum Gasteiger partial charge on any atom is 0.0680 e. The van der Waals surface area contributed by atoms with Gasteiger partial charge >= 0.3 is 0 Å². The minimum absolute atomic E-state index is 0.282. The fourth-order valence-corrected chi connectivity index (χ4v) is 0.674. The van der Waals surface area contributed by atoms with Crippen molar-refractivity contribution in [3.05, 3.63) is 0 Å². The second-order valence-corrected chi connectivity index (χ2v) is 2.32. The first-order valence-electron chi connectivity index (χ1n) is 3.38. The summed E-state index contributed by atoms with van der Waals surface area (Å²) in [4.78, 5) is 2.17. The predicted molar refractivity (Wildman–Crippen MR) is 41.2 cm³/mol. The van der Waals surface area contributed by atoms with Crippen LogP contribution in [0.1, 0.15) is 20.3 Å². The lowest BCUT2D eigenvalue weighted by Crippen LogP contribution is -2.28. The number of terminal acetylenes is 1. The molecule has 9 heavy (non-hydrogen) atoms. The van der Waals surface area contributed by atoms with Crippen LogP contribution in [0.4, 0.5) is 0 Å². The van der Waals surface area contributed by atoms with Crippen molar-refractivity contribution < 1.29 is 0 Å². The van der Waals surface area contributed by atoms with Crippen LogP contribution < -0.4 is 0 Å². The zero-order valence-corrected chi connectivity index (χ0v) is 6.52. The largest absolute Gasteiger partial charge is 0.293 e. The summed E-state index contributed by atoms with van der Waals surface area (Å²) >= 11 is 0. The lowest BCUT2D eigenvalue weighted by Gasteiger charge is -2.18. The van der Waals surface area contributed by atoms with Gasteiger partial charge in [0.05, 0.1) is 6.04 Å². The molecule has 0 aliphatic carbocycles. The highest BCUT2D eigenvalue weighted by molar-refractivity contribution is 4.96. The Labute approximate surface area is 58.1 Å². The maximum absolute atomic E-state index is 5.21. The zero-order chi connectivity index (χ0) is 7.28. The summed E-state index contributed by atoms with van der Waals surface area (Å²) in [5, 5.41) is 0. The maximum atomic E-state index is 5.21. The molecule has 0 fully saturated rings. The topological polar surface area (TPSA) is 3.24 Å². The summed E-state index contributed by atoms with van der Waals surface area (Å²) in [5.74, 6) is 2.68. The molecule has 0 radical (unpaired) electrons. The minimum Gasteiger partial charge on any atom is -0.293 e. The van der Waals surface area contributed by atoms with E-state index in [4.69, 9.17) is 6.42 Å². The lowest BCUT2D eigenvalue weighted by molar-refractivity contribution is 0.305. The number of rotatable bonds is 3. The Kier molecular flexibility index (Phi) is 4.17. The van der Waals surface area contributed by atoms with Crippen LogP contribution in [0, 0.1) is 12.3 Å². The van der Waals surface area contributed by atoms with Gasteiger partial charge in [0, 0.05) is 0 Å². The van der Waals surface area contributed by atoms with Crippen molar-refractivity contribution >= 4 is 0 Å². The van der Waals surface area contributed by atoms with E-state index in [2.05, 4.69) is 17.7 Å². The molecule has 1 unspecified atom stereocenters. The molecule has 0 rings (SSSR count). The van der Waals surface area contributed by atoms with Gasteiger partial charge < -0.3 is 0 Å². The Morgan fingerprint density at radius 2 is 2.22 bits per heavy atom. The molecule has 0 spiro atoms. The van der Waals surface area contributed by atoms with Crippen molar-refractivity contribution in [1.29, 1.82) is 0 Å². The van der Waals surface area contributed by atoms with E-state index in [1.807, 2.05) is 14.0 Å². The van der Waals surface area contributed by atoms with E-state index in [0.717, 1.165) is 6.54 Å². The smallest absolute Gasteiger partial charge is 0.0680 e. The van der Waals surface area contributed by atoms with Crippen molar-refractivity contribution in [3.8, 4) is 12.3 Å². The highest BCUT2D eigenvalue weighted by Gasteiger charge is 2.01. The van der Waals surface area contributed by atoms with Crippen LogP contribution in [0.2, 0.25) is 0 Å². The summed E-state index contributed by atoms with van der Waals surface area (Å²) in [6.45, 7) is 5.28. The summed E-state index contributed by atoms with van der Waals surface area (Å²) in [6, 6.07) is 0.282. The molecule has 0 saturated heterocycles. The van der Waals surface area contributed by atoms with E-state index in [-0.39, 0.29) is 6.04 Å². The fourth-order valence-electron chi connectivity index (χ4n) is 0.674. The normalized spacial score (nSPS) is 13.2. The minimum atomic E-state index is 0.282. The van der Waals surface area contributed by atoms with Gasteiger partial charge in [0.15, 0.2) is 0 Å². The van der Waals surface area contributed by atoms with Gasteiger partial charge in [-0.1, -0.05) is 12.8 Å². The molecular weight excluding hydrogens is 110 g/mol. The second kappa shape index (κ2) is 4.40. The van der Waals surface area contributed by atoms with Crippen molar-refractivity contribution in [2.24, 2.45) is 0 Å². The third-order valence-corrected chi connectivity index (χ3v) is 1.48. The van der Waals surface area contributed by atoms with E-state index in [9.17, 15) is 0 Å². The Balaban J connectivity index is 3.48. The molecule has 1 atom stereocenters. The van der Waals surface area contributed by atoms with Crippen LogP contribution in [0.15, 0.2) is 0 Å². The first-order valence-corrected chi connectivity index (χ1v) is 3.38. The first kappa shape index (κ1) is 8.52. The molecule has 0 heterocycles. The highest BCUT2D eigenvalue weighted by Crippen LogP contribution is 1.93. The first-order chi connectivity index (χ1) is 4.22. The van der Waals surface area contributed by atoms with Gasteiger partial charge in [-0.25, -0.2) is 0 Å². The van der Waals surface area contributed by atoms with Crippen LogP contribution in [-0.4, -0.2) is 24.5 Å². The Hall–Kier alpha value is -0.480. The molecule has 0 aromatic heterocycles. The molecule has 0 N–H and O–H groups in total. The Morgan fingerprint density at radius 1 is 1.67 bits per heavy atom. The number of hydrogen-bond donors (Lipinski definition) is 0. The summed E-state index contributed by atoms with van der Waals surface area (Å²) in [5.41, 5.74) is 0. The van der Waals surface area contributed by atoms with Gasteiger partial charge in [-0.3, -0.25) is 4.90 Å². The molecule has 0 aromatic rings. The SMILES string of the molecule is C#CC(C)N(C)CCC. The molecule has 1 heteroatoms. The van der Waals surface area contributed by atoms with Crippen LogP contribution in [-0.2, 0) is 0 Å². The summed E-state index contributed by atoms with van der Waals surface area (Å²) < 4.78 is 0. The van der Waals surface area contributed by atoms with E-state index < -0.39 is 0 Å². The van der Waals surface area contributed by atoms with Gasteiger partial charge in [-0.05, 0) is 26.9 Å². The Morgan fingerprint density at radius 3 is 2.56 bits per heavy atom. The zero-order valence-electron chi connectivity index (χ0n) is 6.52. The molecule has 1 nitrogen and oxygen atoms in total. The molecule has 0 aromatic carbocycles. The molecule has 0 bridgehead atoms. The van der Waals surface area contributed by atoms with Crippen LogP contribution >= 0.6 is 0 Å². The van der Waals surface area contributed by atoms with Gasteiger partial charge in [-0.2, -0.15) is 0 Å². The highest BCUT2D eigenvalue weighted by atomic mass is 15.1. The van der Waals surface area contributed by atoms with Crippen molar-refractivity contribution in [2.75, 3.05) is 13.6 Å². The molecule has 0 amide bonds. The van der Waals surface area contributed by atoms with Gasteiger partial charge in [-0.15, -0.1) is 6.42 Å². The lowest BCUT2D eigenvalue weighted by atomic mass is 10.3. The van der Waals surface area contributed by atoms with Crippen molar-refractivity contribution in [3.63, 3.8) is 0 Å². The quantitative estimate of drug-likeness (QED) is 0.515. The van der Waals surface area contributed by atoms with Crippen molar-refractivity contribution in [2.45, 2.75) is 26.3 Å². The molecule has 0 saturated carbocycles. The van der Waals surface area contributed by atoms with Gasteiger partial charge in [0.2, 0.25) is 0 Å². The summed E-state index contributed by atoms with van der Waals surface area (Å²) in [7, 11) is 2.05. The van der Waals surface area contributed by atoms with Gasteiger partial charge in [0.25, 0.3) is 0 Å². The van der Waals surface area contributed by atoms with Crippen LogP contribution in [0.3, 0.4) is 0 Å². The standard InChI is InChI=1S/C8H15N/c1-5-7-9(4)8(3)6-2/h2,8H,5,7H2,1,3-4H3. The average molecular weight is 125 g/mol. The third-order valence-electron chi connectivity index (χ3n) is 1.48. The van der Waals surface area contributed by atoms with E-state index >= 15 is 0 Å². The predicted octanol–water partition coefficient (Wildman–Crippen LogP) is 1.35. The molecular formula is C8H15N. The third kappa shape index (κ3) is 3.16. The van der Waals surface area contributed by atoms with Gasteiger partial charge in [0.1, 0.15) is 0 Å². The second-order valence-electron chi connectivity index (χ2n) is 2.32.